The van der Waals surface area contributed by atoms with Crippen LogP contribution in [0.25, 0.3) is 0 Å². The number of fused-ring (bicyclic) bond motifs is 2. The van der Waals surface area contributed by atoms with Gasteiger partial charge in [-0.05, 0) is 49.8 Å². The van der Waals surface area contributed by atoms with Gasteiger partial charge in [0.05, 0.1) is 5.56 Å². The lowest BCUT2D eigenvalue weighted by atomic mass is 9.75. The second-order valence-electron chi connectivity index (χ2n) is 7.99. The van der Waals surface area contributed by atoms with E-state index >= 15 is 0 Å². The quantitative estimate of drug-likeness (QED) is 0.681. The molecule has 2 bridgehead atoms. The summed E-state index contributed by atoms with van der Waals surface area (Å²) < 4.78 is 19.5. The summed E-state index contributed by atoms with van der Waals surface area (Å²) >= 11 is 0. The van der Waals surface area contributed by atoms with Crippen molar-refractivity contribution in [2.45, 2.75) is 50.8 Å². The van der Waals surface area contributed by atoms with Gasteiger partial charge in [-0.3, -0.25) is 4.79 Å². The highest BCUT2D eigenvalue weighted by Gasteiger charge is 2.44. The lowest BCUT2D eigenvalue weighted by molar-refractivity contribution is 0.00471. The van der Waals surface area contributed by atoms with Crippen LogP contribution in [0.15, 0.2) is 48.5 Å². The summed E-state index contributed by atoms with van der Waals surface area (Å²) in [4.78, 5) is 27.7. The van der Waals surface area contributed by atoms with Gasteiger partial charge in [0.2, 0.25) is 0 Å². The minimum Gasteiger partial charge on any atom is -0.445 e. The largest absolute Gasteiger partial charge is 0.445 e. The van der Waals surface area contributed by atoms with Crippen molar-refractivity contribution in [1.82, 2.24) is 4.90 Å². The molecular weight excluding hydrogens is 383 g/mol. The first kappa shape index (κ1) is 20.1. The van der Waals surface area contributed by atoms with Crippen molar-refractivity contribution in [1.29, 1.82) is 5.26 Å². The molecule has 5 nitrogen and oxygen atoms in total. The molecule has 30 heavy (non-hydrogen) atoms. The molecule has 1 amide bonds. The first-order chi connectivity index (χ1) is 14.6. The molecule has 2 aromatic rings. The summed E-state index contributed by atoms with van der Waals surface area (Å²) in [6, 6.07) is 15.4. The summed E-state index contributed by atoms with van der Waals surface area (Å²) in [7, 11) is 0. The Hall–Kier alpha value is -3.20. The normalized spacial score (nSPS) is 22.8. The predicted octanol–water partition coefficient (Wildman–Crippen LogP) is 4.85. The Morgan fingerprint density at radius 3 is 2.43 bits per heavy atom. The summed E-state index contributed by atoms with van der Waals surface area (Å²) in [5.74, 6) is -1.21. The molecule has 0 spiro atoms. The van der Waals surface area contributed by atoms with Crippen LogP contribution in [0.1, 0.15) is 53.6 Å². The highest BCUT2D eigenvalue weighted by Crippen LogP contribution is 2.39. The molecule has 2 aliphatic heterocycles. The Kier molecular flexibility index (Phi) is 5.80. The predicted molar refractivity (Wildman–Crippen MR) is 108 cm³/mol. The van der Waals surface area contributed by atoms with Crippen molar-refractivity contribution in [2.75, 3.05) is 0 Å². The van der Waals surface area contributed by atoms with Gasteiger partial charge in [-0.25, -0.2) is 9.18 Å². The lowest BCUT2D eigenvalue weighted by Gasteiger charge is -2.47. The van der Waals surface area contributed by atoms with Crippen LogP contribution in [-0.4, -0.2) is 28.9 Å². The van der Waals surface area contributed by atoms with Gasteiger partial charge in [-0.2, -0.15) is 5.26 Å². The molecule has 2 heterocycles. The van der Waals surface area contributed by atoms with E-state index in [1.54, 1.807) is 4.90 Å². The molecule has 0 N–H and O–H groups in total. The van der Waals surface area contributed by atoms with Crippen LogP contribution in [-0.2, 0) is 11.3 Å². The van der Waals surface area contributed by atoms with Gasteiger partial charge in [-0.15, -0.1) is 0 Å². The number of hydrogen-bond acceptors (Lipinski definition) is 4. The molecule has 0 aromatic heterocycles. The van der Waals surface area contributed by atoms with Crippen LogP contribution < -0.4 is 0 Å². The van der Waals surface area contributed by atoms with E-state index in [1.807, 2.05) is 36.4 Å². The zero-order chi connectivity index (χ0) is 21.1. The maximum absolute atomic E-state index is 14.0. The summed E-state index contributed by atoms with van der Waals surface area (Å²) in [5.41, 5.74) is 0.870. The fourth-order valence-corrected chi connectivity index (χ4v) is 4.75. The number of benzene rings is 2. The van der Waals surface area contributed by atoms with Gasteiger partial charge >= 0.3 is 6.09 Å². The van der Waals surface area contributed by atoms with E-state index in [1.165, 1.54) is 18.2 Å². The zero-order valence-corrected chi connectivity index (χ0v) is 16.6. The van der Waals surface area contributed by atoms with Crippen LogP contribution in [0.2, 0.25) is 0 Å². The molecule has 2 unspecified atom stereocenters. The average molecular weight is 406 g/mol. The summed E-state index contributed by atoms with van der Waals surface area (Å²) in [6.07, 6.45) is 3.31. The highest BCUT2D eigenvalue weighted by atomic mass is 19.1. The van der Waals surface area contributed by atoms with E-state index in [2.05, 4.69) is 0 Å². The van der Waals surface area contributed by atoms with Gasteiger partial charge in [0, 0.05) is 23.6 Å². The Balaban J connectivity index is 1.47. The van der Waals surface area contributed by atoms with E-state index in [-0.39, 0.29) is 47.6 Å². The zero-order valence-electron chi connectivity index (χ0n) is 16.6. The number of rotatable bonds is 4. The second kappa shape index (κ2) is 8.66. The van der Waals surface area contributed by atoms with Crippen molar-refractivity contribution in [3.05, 3.63) is 71.0 Å². The molecule has 2 saturated heterocycles. The Morgan fingerprint density at radius 1 is 1.07 bits per heavy atom. The van der Waals surface area contributed by atoms with Crippen molar-refractivity contribution >= 4 is 11.9 Å². The number of ketones is 1. The molecule has 154 valence electrons. The summed E-state index contributed by atoms with van der Waals surface area (Å²) in [5, 5.41) is 9.26. The second-order valence-corrected chi connectivity index (χ2v) is 7.99. The SMILES string of the molecule is N#Cc1c(F)cccc1C(=O)C1CC2CCCC(C1)N2C(=O)OCc1ccccc1. The monoisotopic (exact) mass is 406 g/mol. The first-order valence-electron chi connectivity index (χ1n) is 10.3. The Bertz CT molecular complexity index is 972. The van der Waals surface area contributed by atoms with Crippen molar-refractivity contribution in [2.24, 2.45) is 5.92 Å². The number of hydrogen-bond donors (Lipinski definition) is 0. The number of carbonyl (C=O) groups is 2. The minimum atomic E-state index is -0.675. The number of piperidine rings is 2. The molecule has 0 saturated carbocycles. The van der Waals surface area contributed by atoms with E-state index in [0.717, 1.165) is 24.8 Å². The van der Waals surface area contributed by atoms with Crippen LogP contribution in [0.3, 0.4) is 0 Å². The molecule has 2 fully saturated rings. The molecular formula is C24H23FN2O3. The first-order valence-corrected chi connectivity index (χ1v) is 10.3. The average Bonchev–Trinajstić information content (AvgIpc) is 2.76. The molecule has 0 radical (unpaired) electrons. The highest BCUT2D eigenvalue weighted by molar-refractivity contribution is 6.00. The maximum atomic E-state index is 14.0. The van der Waals surface area contributed by atoms with Crippen molar-refractivity contribution in [3.8, 4) is 6.07 Å². The van der Waals surface area contributed by atoms with Crippen LogP contribution in [0, 0.1) is 23.1 Å². The van der Waals surface area contributed by atoms with E-state index in [0.29, 0.717) is 12.8 Å². The van der Waals surface area contributed by atoms with Gasteiger partial charge in [0.15, 0.2) is 5.78 Å². The minimum absolute atomic E-state index is 0.0752. The topological polar surface area (TPSA) is 70.4 Å². The molecule has 2 aliphatic rings. The fraction of sp³-hybridized carbons (Fsp3) is 0.375. The van der Waals surface area contributed by atoms with Gasteiger partial charge in [-0.1, -0.05) is 36.4 Å². The number of ether oxygens (including phenoxy) is 1. The molecule has 4 rings (SSSR count). The third-order valence-electron chi connectivity index (χ3n) is 6.15. The smallest absolute Gasteiger partial charge is 0.410 e. The Labute approximate surface area is 175 Å². The number of nitriles is 1. The molecule has 2 aromatic carbocycles. The van der Waals surface area contributed by atoms with Gasteiger partial charge < -0.3 is 9.64 Å². The summed E-state index contributed by atoms with van der Waals surface area (Å²) in [6.45, 7) is 0.215. The van der Waals surface area contributed by atoms with E-state index in [4.69, 9.17) is 4.74 Å². The number of halogens is 1. The van der Waals surface area contributed by atoms with Crippen LogP contribution in [0.4, 0.5) is 9.18 Å². The molecule has 0 aliphatic carbocycles. The lowest BCUT2D eigenvalue weighted by Crippen LogP contribution is -2.55. The number of amides is 1. The van der Waals surface area contributed by atoms with Crippen LogP contribution >= 0.6 is 0 Å². The van der Waals surface area contributed by atoms with Crippen molar-refractivity contribution < 1.29 is 18.7 Å². The third-order valence-corrected chi connectivity index (χ3v) is 6.15. The number of nitrogens with zero attached hydrogens (tertiary/aromatic N) is 2. The maximum Gasteiger partial charge on any atom is 0.410 e. The standard InChI is InChI=1S/C24H23FN2O3/c25-22-11-5-10-20(21(22)14-26)23(28)17-12-18-8-4-9-19(13-17)27(18)24(29)30-15-16-6-2-1-3-7-16/h1-3,5-7,10-11,17-19H,4,8-9,12-13,15H2. The van der Waals surface area contributed by atoms with Gasteiger partial charge in [0.1, 0.15) is 18.5 Å². The van der Waals surface area contributed by atoms with E-state index in [9.17, 15) is 19.2 Å². The van der Waals surface area contributed by atoms with Crippen molar-refractivity contribution in [3.63, 3.8) is 0 Å². The van der Waals surface area contributed by atoms with E-state index < -0.39 is 5.82 Å². The fourth-order valence-electron chi connectivity index (χ4n) is 4.75. The van der Waals surface area contributed by atoms with Gasteiger partial charge in [0.25, 0.3) is 0 Å². The van der Waals surface area contributed by atoms with Crippen LogP contribution in [0.5, 0.6) is 0 Å². The number of carbonyl (C=O) groups excluding carboxylic acids is 2. The Morgan fingerprint density at radius 2 is 1.77 bits per heavy atom. The number of Topliss-reactive ketones (excluding diaryl/α,β-unsaturated/α-hetero) is 1. The molecule has 2 atom stereocenters. The third kappa shape index (κ3) is 3.93. The molecule has 6 heteroatoms.